The van der Waals surface area contributed by atoms with Crippen LogP contribution in [0.5, 0.6) is 0 Å². The van der Waals surface area contributed by atoms with Gasteiger partial charge in [0, 0.05) is 0 Å². The topological polar surface area (TPSA) is 0 Å². The van der Waals surface area contributed by atoms with E-state index in [0.717, 1.165) is 0 Å². The van der Waals surface area contributed by atoms with Crippen LogP contribution in [-0.2, 0) is 21.3 Å². The van der Waals surface area contributed by atoms with Gasteiger partial charge in [0.1, 0.15) is 0 Å². The van der Waals surface area contributed by atoms with E-state index in [0.29, 0.717) is 7.25 Å². The fraction of sp³-hybridized carbons (Fsp3) is 0.108. The number of benzene rings is 5. The summed E-state index contributed by atoms with van der Waals surface area (Å²) in [7, 11) is 0. The molecule has 0 amide bonds. The van der Waals surface area contributed by atoms with E-state index < -0.39 is 21.3 Å². The summed E-state index contributed by atoms with van der Waals surface area (Å²) in [6.45, 7) is 4.54. The van der Waals surface area contributed by atoms with Gasteiger partial charge in [0.25, 0.3) is 0 Å². The molecule has 2 aliphatic rings. The maximum atomic E-state index is 2.63. The van der Waals surface area contributed by atoms with Gasteiger partial charge in [0.2, 0.25) is 0 Å². The Labute approximate surface area is 233 Å². The molecular weight excluding hydrogens is 536 g/mol. The van der Waals surface area contributed by atoms with Crippen LogP contribution in [0.15, 0.2) is 133 Å². The number of hydrogen-bond acceptors (Lipinski definition) is 0. The molecule has 1 unspecified atom stereocenters. The molecule has 0 nitrogen and oxygen atoms in total. The van der Waals surface area contributed by atoms with Crippen LogP contribution in [0.25, 0.3) is 16.7 Å². The predicted molar refractivity (Wildman–Crippen MR) is 157 cm³/mol. The molecule has 7 rings (SSSR count). The SMILES string of the molecule is CC1=C[CH]([Zr](=[C](c2ccccc2)c2ccccc2)[CH]2c3ccccc3-c3ccccc32)c2ccc(C)cc21. The van der Waals surface area contributed by atoms with Crippen molar-refractivity contribution in [3.8, 4) is 11.1 Å². The number of aryl methyl sites for hydroxylation is 1. The number of allylic oxidation sites excluding steroid dienone is 2. The van der Waals surface area contributed by atoms with Crippen molar-refractivity contribution < 1.29 is 21.3 Å². The van der Waals surface area contributed by atoms with Gasteiger partial charge in [-0.2, -0.15) is 0 Å². The van der Waals surface area contributed by atoms with Crippen molar-refractivity contribution in [3.05, 3.63) is 172 Å². The van der Waals surface area contributed by atoms with Gasteiger partial charge in [-0.1, -0.05) is 0 Å². The van der Waals surface area contributed by atoms with E-state index in [1.165, 1.54) is 55.6 Å². The Kier molecular flexibility index (Phi) is 6.06. The van der Waals surface area contributed by atoms with Crippen LogP contribution in [0.3, 0.4) is 0 Å². The van der Waals surface area contributed by atoms with Crippen molar-refractivity contribution in [1.29, 1.82) is 0 Å². The molecule has 0 spiro atoms. The van der Waals surface area contributed by atoms with Gasteiger partial charge in [-0.05, 0) is 0 Å². The summed E-state index contributed by atoms with van der Waals surface area (Å²) in [4.78, 5) is 0. The molecule has 0 saturated carbocycles. The van der Waals surface area contributed by atoms with Crippen LogP contribution < -0.4 is 0 Å². The van der Waals surface area contributed by atoms with Crippen molar-refractivity contribution in [3.63, 3.8) is 0 Å². The van der Waals surface area contributed by atoms with Crippen LogP contribution in [0, 0.1) is 6.92 Å². The molecular formula is C37H30Zr. The minimum atomic E-state index is -2.69. The van der Waals surface area contributed by atoms with Gasteiger partial charge in [-0.15, -0.1) is 0 Å². The number of hydrogen-bond donors (Lipinski definition) is 0. The molecule has 182 valence electrons. The van der Waals surface area contributed by atoms with E-state index in [1.807, 2.05) is 0 Å². The van der Waals surface area contributed by atoms with Crippen molar-refractivity contribution >= 4 is 8.78 Å². The first-order chi connectivity index (χ1) is 18.7. The maximum absolute atomic E-state index is 2.69. The van der Waals surface area contributed by atoms with Gasteiger partial charge in [-0.25, -0.2) is 0 Å². The normalized spacial score (nSPS) is 15.4. The molecule has 1 atom stereocenters. The average Bonchev–Trinajstić information content (AvgIpc) is 3.47. The zero-order valence-corrected chi connectivity index (χ0v) is 24.3. The average molecular weight is 566 g/mol. The molecule has 0 N–H and O–H groups in total. The molecule has 0 aromatic heterocycles. The Balaban J connectivity index is 1.62. The first kappa shape index (κ1) is 23.7. The molecule has 0 heterocycles. The van der Waals surface area contributed by atoms with Gasteiger partial charge in [-0.3, -0.25) is 0 Å². The first-order valence-electron chi connectivity index (χ1n) is 13.5. The van der Waals surface area contributed by atoms with Crippen molar-refractivity contribution in [1.82, 2.24) is 0 Å². The van der Waals surface area contributed by atoms with Crippen LogP contribution in [0.4, 0.5) is 0 Å². The third-order valence-electron chi connectivity index (χ3n) is 8.28. The van der Waals surface area contributed by atoms with Crippen LogP contribution in [-0.4, -0.2) is 3.21 Å². The number of rotatable bonds is 4. The molecule has 0 aliphatic heterocycles. The van der Waals surface area contributed by atoms with Crippen molar-refractivity contribution in [2.24, 2.45) is 0 Å². The number of fused-ring (bicyclic) bond motifs is 4. The van der Waals surface area contributed by atoms with E-state index in [-0.39, 0.29) is 0 Å². The van der Waals surface area contributed by atoms with Crippen molar-refractivity contribution in [2.75, 3.05) is 0 Å². The predicted octanol–water partition coefficient (Wildman–Crippen LogP) is 9.11. The third kappa shape index (κ3) is 3.88. The fourth-order valence-electron chi connectivity index (χ4n) is 6.65. The van der Waals surface area contributed by atoms with Crippen molar-refractivity contribution in [2.45, 2.75) is 21.1 Å². The molecule has 0 fully saturated rings. The zero-order chi connectivity index (χ0) is 25.6. The van der Waals surface area contributed by atoms with Gasteiger partial charge < -0.3 is 0 Å². The van der Waals surface area contributed by atoms with Crippen LogP contribution in [0.1, 0.15) is 53.1 Å². The summed E-state index contributed by atoms with van der Waals surface area (Å²) in [5, 5.41) is 0. The summed E-state index contributed by atoms with van der Waals surface area (Å²) in [5.41, 5.74) is 14.5. The third-order valence-corrected chi connectivity index (χ3v) is 17.0. The van der Waals surface area contributed by atoms with E-state index >= 15 is 0 Å². The second-order valence-corrected chi connectivity index (χ2v) is 17.0. The van der Waals surface area contributed by atoms with E-state index in [1.54, 1.807) is 3.21 Å². The van der Waals surface area contributed by atoms with E-state index in [4.69, 9.17) is 0 Å². The summed E-state index contributed by atoms with van der Waals surface area (Å²) in [6, 6.07) is 48.1. The van der Waals surface area contributed by atoms with Gasteiger partial charge in [0.05, 0.1) is 0 Å². The second kappa shape index (κ2) is 9.72. The molecule has 5 aromatic carbocycles. The van der Waals surface area contributed by atoms with Gasteiger partial charge in [0.15, 0.2) is 0 Å². The molecule has 5 aromatic rings. The standard InChI is InChI=1S/C13H9.C13H10.C11H11.Zr/c1-3-7-12-10(5-1)9-11-6-2-4-8-13(11)12;1-3-7-12(8-4-1)11-13-9-5-2-6-10-13;1-8-3-5-10-6-4-9(2)11(10)7-8;/h1-9H;1-10H;3-7H,1-2H3;. The summed E-state index contributed by atoms with van der Waals surface area (Å²) in [6.07, 6.45) is 2.63. The van der Waals surface area contributed by atoms with E-state index in [2.05, 4.69) is 147 Å². The van der Waals surface area contributed by atoms with Crippen LogP contribution in [0.2, 0.25) is 0 Å². The second-order valence-electron chi connectivity index (χ2n) is 10.6. The van der Waals surface area contributed by atoms with E-state index in [9.17, 15) is 0 Å². The molecule has 1 heteroatoms. The summed E-state index contributed by atoms with van der Waals surface area (Å²) >= 11 is -2.69. The fourth-order valence-corrected chi connectivity index (χ4v) is 16.8. The minimum absolute atomic E-state index is 0.446. The molecule has 0 saturated heterocycles. The summed E-state index contributed by atoms with van der Waals surface area (Å²) in [5.74, 6) is 0. The van der Waals surface area contributed by atoms with Crippen LogP contribution >= 0.6 is 0 Å². The Morgan fingerprint density at radius 2 is 1.05 bits per heavy atom. The molecule has 38 heavy (non-hydrogen) atoms. The Morgan fingerprint density at radius 3 is 1.63 bits per heavy atom. The monoisotopic (exact) mass is 564 g/mol. The Hall–Kier alpha value is -3.41. The molecule has 0 radical (unpaired) electrons. The Bertz CT molecular complexity index is 1640. The quantitative estimate of drug-likeness (QED) is 0.204. The zero-order valence-electron chi connectivity index (χ0n) is 21.9. The first-order valence-corrected chi connectivity index (χ1v) is 17.6. The molecule has 2 aliphatic carbocycles. The Morgan fingerprint density at radius 1 is 0.526 bits per heavy atom. The molecule has 0 bridgehead atoms. The summed E-state index contributed by atoms with van der Waals surface area (Å²) < 4.78 is 2.53. The van der Waals surface area contributed by atoms with Gasteiger partial charge >= 0.3 is 235 Å².